The van der Waals surface area contributed by atoms with Gasteiger partial charge in [0.25, 0.3) is 11.6 Å². The van der Waals surface area contributed by atoms with Gasteiger partial charge < -0.3 is 10.1 Å². The first-order valence-corrected chi connectivity index (χ1v) is 11.2. The monoisotopic (exact) mass is 513 g/mol. The lowest BCUT2D eigenvalue weighted by Crippen LogP contribution is -2.20. The summed E-state index contributed by atoms with van der Waals surface area (Å²) in [6.45, 7) is -0.291. The zero-order valence-corrected chi connectivity index (χ0v) is 19.1. The molecule has 2 N–H and O–H groups in total. The molecule has 32 heavy (non-hydrogen) atoms. The van der Waals surface area contributed by atoms with Gasteiger partial charge in [-0.15, -0.1) is 10.2 Å². The van der Waals surface area contributed by atoms with Crippen LogP contribution in [-0.4, -0.2) is 39.3 Å². The number of carbonyl (C=O) groups excluding carboxylic acids is 2. The first-order chi connectivity index (χ1) is 15.3. The van der Waals surface area contributed by atoms with Crippen molar-refractivity contribution in [1.82, 2.24) is 10.2 Å². The molecule has 0 spiro atoms. The van der Waals surface area contributed by atoms with Crippen molar-refractivity contribution in [3.05, 3.63) is 62.6 Å². The van der Waals surface area contributed by atoms with Gasteiger partial charge in [-0.25, -0.2) is 0 Å². The minimum Gasteiger partial charge on any atom is -0.482 e. The molecule has 10 nitrogen and oxygen atoms in total. The molecule has 1 heterocycles. The highest BCUT2D eigenvalue weighted by atomic mass is 35.5. The normalized spacial score (nSPS) is 10.4. The molecule has 2 aromatic carbocycles. The predicted octanol–water partition coefficient (Wildman–Crippen LogP) is 4.50. The van der Waals surface area contributed by atoms with Gasteiger partial charge in [0, 0.05) is 22.8 Å². The molecular formula is C18H13Cl2N5O5S2. The van der Waals surface area contributed by atoms with Gasteiger partial charge >= 0.3 is 0 Å². The number of hydrogen-bond donors (Lipinski definition) is 2. The van der Waals surface area contributed by atoms with Crippen LogP contribution in [-0.2, 0) is 9.59 Å². The van der Waals surface area contributed by atoms with Crippen LogP contribution in [0, 0.1) is 10.1 Å². The van der Waals surface area contributed by atoms with E-state index in [2.05, 4.69) is 20.8 Å². The lowest BCUT2D eigenvalue weighted by atomic mass is 10.3. The molecule has 0 unspecified atom stereocenters. The Labute approximate surface area is 199 Å². The van der Waals surface area contributed by atoms with Crippen molar-refractivity contribution >= 4 is 74.6 Å². The Morgan fingerprint density at radius 3 is 2.53 bits per heavy atom. The molecule has 3 aromatic rings. The molecule has 14 heteroatoms. The van der Waals surface area contributed by atoms with E-state index in [4.69, 9.17) is 27.9 Å². The summed E-state index contributed by atoms with van der Waals surface area (Å²) in [4.78, 5) is 34.2. The average molecular weight is 514 g/mol. The molecule has 0 aliphatic carbocycles. The van der Waals surface area contributed by atoms with E-state index in [-0.39, 0.29) is 34.1 Å². The zero-order valence-electron chi connectivity index (χ0n) is 15.9. The maximum absolute atomic E-state index is 12.0. The number of nitrogens with one attached hydrogen (secondary N) is 2. The second-order valence-electron chi connectivity index (χ2n) is 5.93. The van der Waals surface area contributed by atoms with Crippen molar-refractivity contribution in [2.24, 2.45) is 0 Å². The topological polar surface area (TPSA) is 136 Å². The lowest BCUT2D eigenvalue weighted by molar-refractivity contribution is -0.384. The number of carbonyl (C=O) groups is 2. The van der Waals surface area contributed by atoms with E-state index in [9.17, 15) is 19.7 Å². The smallest absolute Gasteiger partial charge is 0.269 e. The standard InChI is InChI=1S/C18H13Cl2N5O5S2/c19-10-1-6-14(13(20)7-10)30-8-15(26)22-17-23-24-18(32-17)31-9-16(27)21-11-2-4-12(5-3-11)25(28)29/h1-7H,8-9H2,(H,21,27)(H,22,23,26). The second-order valence-corrected chi connectivity index (χ2v) is 8.97. The minimum atomic E-state index is -0.522. The number of amides is 2. The van der Waals surface area contributed by atoms with Gasteiger partial charge in [0.1, 0.15) is 5.75 Å². The summed E-state index contributed by atoms with van der Waals surface area (Å²) >= 11 is 14.0. The number of nitrogens with zero attached hydrogens (tertiary/aromatic N) is 3. The number of non-ortho nitro benzene ring substituents is 1. The number of halogens is 2. The molecular weight excluding hydrogens is 501 g/mol. The van der Waals surface area contributed by atoms with Gasteiger partial charge in [-0.3, -0.25) is 25.0 Å². The zero-order chi connectivity index (χ0) is 23.1. The molecule has 1 aromatic heterocycles. The lowest BCUT2D eigenvalue weighted by Gasteiger charge is -2.07. The van der Waals surface area contributed by atoms with Crippen molar-refractivity contribution < 1.29 is 19.2 Å². The Balaban J connectivity index is 1.43. The molecule has 0 radical (unpaired) electrons. The number of anilines is 2. The van der Waals surface area contributed by atoms with Gasteiger partial charge in [-0.2, -0.15) is 0 Å². The Kier molecular flexibility index (Phi) is 8.22. The molecule has 0 aliphatic heterocycles. The number of rotatable bonds is 9. The third kappa shape index (κ3) is 7.05. The van der Waals surface area contributed by atoms with Crippen molar-refractivity contribution in [3.8, 4) is 5.75 Å². The Bertz CT molecular complexity index is 1140. The summed E-state index contributed by atoms with van der Waals surface area (Å²) < 4.78 is 5.82. The third-order valence-corrected chi connectivity index (χ3v) is 6.10. The van der Waals surface area contributed by atoms with Gasteiger partial charge in [0.05, 0.1) is 15.7 Å². The summed E-state index contributed by atoms with van der Waals surface area (Å²) in [7, 11) is 0. The number of ether oxygens (including phenoxy) is 1. The van der Waals surface area contributed by atoms with Crippen LogP contribution in [0.1, 0.15) is 0 Å². The van der Waals surface area contributed by atoms with E-state index in [1.807, 2.05) is 0 Å². The number of hydrogen-bond acceptors (Lipinski definition) is 9. The molecule has 0 saturated heterocycles. The Morgan fingerprint density at radius 1 is 1.09 bits per heavy atom. The van der Waals surface area contributed by atoms with E-state index in [0.29, 0.717) is 20.8 Å². The van der Waals surface area contributed by atoms with Crippen LogP contribution in [0.4, 0.5) is 16.5 Å². The number of benzene rings is 2. The molecule has 0 aliphatic rings. The van der Waals surface area contributed by atoms with Crippen molar-refractivity contribution in [3.63, 3.8) is 0 Å². The van der Waals surface area contributed by atoms with Crippen molar-refractivity contribution in [2.45, 2.75) is 4.34 Å². The van der Waals surface area contributed by atoms with E-state index >= 15 is 0 Å². The molecule has 3 rings (SSSR count). The van der Waals surface area contributed by atoms with Crippen molar-refractivity contribution in [1.29, 1.82) is 0 Å². The summed E-state index contributed by atoms with van der Waals surface area (Å²) in [5.74, 6) is -0.422. The Hall–Kier alpha value is -2.93. The van der Waals surface area contributed by atoms with Gasteiger partial charge in [0.2, 0.25) is 11.0 Å². The molecule has 0 fully saturated rings. The van der Waals surface area contributed by atoms with Crippen LogP contribution >= 0.6 is 46.3 Å². The first kappa shape index (κ1) is 23.7. The van der Waals surface area contributed by atoms with Crippen LogP contribution < -0.4 is 15.4 Å². The third-order valence-electron chi connectivity index (χ3n) is 3.59. The summed E-state index contributed by atoms with van der Waals surface area (Å²) in [5, 5.41) is 24.6. The van der Waals surface area contributed by atoms with E-state index in [0.717, 1.165) is 23.1 Å². The summed E-state index contributed by atoms with van der Waals surface area (Å²) in [5.41, 5.74) is 0.370. The average Bonchev–Trinajstić information content (AvgIpc) is 3.19. The molecule has 0 bridgehead atoms. The highest BCUT2D eigenvalue weighted by Gasteiger charge is 2.13. The van der Waals surface area contributed by atoms with E-state index in [1.165, 1.54) is 30.3 Å². The highest BCUT2D eigenvalue weighted by molar-refractivity contribution is 8.01. The molecule has 0 saturated carbocycles. The highest BCUT2D eigenvalue weighted by Crippen LogP contribution is 2.28. The summed E-state index contributed by atoms with van der Waals surface area (Å²) in [6.07, 6.45) is 0. The number of nitro groups is 1. The predicted molar refractivity (Wildman–Crippen MR) is 123 cm³/mol. The van der Waals surface area contributed by atoms with E-state index in [1.54, 1.807) is 12.1 Å². The number of nitro benzene ring substituents is 1. The van der Waals surface area contributed by atoms with Crippen LogP contribution in [0.15, 0.2) is 46.8 Å². The first-order valence-electron chi connectivity index (χ1n) is 8.68. The van der Waals surface area contributed by atoms with Gasteiger partial charge in [-0.05, 0) is 30.3 Å². The minimum absolute atomic E-state index is 0.0394. The summed E-state index contributed by atoms with van der Waals surface area (Å²) in [6, 6.07) is 10.1. The molecule has 166 valence electrons. The maximum atomic E-state index is 12.0. The van der Waals surface area contributed by atoms with Gasteiger partial charge in [0.15, 0.2) is 10.9 Å². The molecule has 2 amide bonds. The van der Waals surface area contributed by atoms with Crippen LogP contribution in [0.3, 0.4) is 0 Å². The fraction of sp³-hybridized carbons (Fsp3) is 0.111. The van der Waals surface area contributed by atoms with Crippen LogP contribution in [0.2, 0.25) is 10.0 Å². The Morgan fingerprint density at radius 2 is 1.84 bits per heavy atom. The SMILES string of the molecule is O=C(CSc1nnc(NC(=O)COc2ccc(Cl)cc2Cl)s1)Nc1ccc([N+](=O)[O-])cc1. The van der Waals surface area contributed by atoms with Crippen LogP contribution in [0.25, 0.3) is 0 Å². The van der Waals surface area contributed by atoms with Crippen LogP contribution in [0.5, 0.6) is 5.75 Å². The fourth-order valence-corrected chi connectivity index (χ4v) is 4.23. The number of thioether (sulfide) groups is 1. The fourth-order valence-electron chi connectivity index (χ4n) is 2.20. The van der Waals surface area contributed by atoms with Gasteiger partial charge in [-0.1, -0.05) is 46.3 Å². The maximum Gasteiger partial charge on any atom is 0.269 e. The quantitative estimate of drug-likeness (QED) is 0.184. The van der Waals surface area contributed by atoms with E-state index < -0.39 is 10.8 Å². The molecule has 0 atom stereocenters. The van der Waals surface area contributed by atoms with Crippen molar-refractivity contribution in [2.75, 3.05) is 23.0 Å². The largest absolute Gasteiger partial charge is 0.482 e. The number of aromatic nitrogens is 2. The second kappa shape index (κ2) is 11.1.